The van der Waals surface area contributed by atoms with Crippen molar-refractivity contribution in [3.05, 3.63) is 27.8 Å². The molecule has 1 rings (SSSR count). The number of sulfonamides is 1. The maximum Gasteiger partial charge on any atom is 0.240 e. The Bertz CT molecular complexity index is 425. The number of hydrogen-bond acceptors (Lipinski definition) is 3. The zero-order valence-electron chi connectivity index (χ0n) is 8.52. The van der Waals surface area contributed by atoms with E-state index in [-0.39, 0.29) is 12.4 Å². The Morgan fingerprint density at radius 1 is 1.38 bits per heavy atom. The van der Waals surface area contributed by atoms with Gasteiger partial charge in [0.05, 0.1) is 4.90 Å². The maximum atomic E-state index is 11.7. The summed E-state index contributed by atoms with van der Waals surface area (Å²) in [5.41, 5.74) is 5.28. The highest BCUT2D eigenvalue weighted by Crippen LogP contribution is 2.12. The van der Waals surface area contributed by atoms with Gasteiger partial charge in [0.25, 0.3) is 0 Å². The minimum absolute atomic E-state index is 0. The second kappa shape index (κ2) is 7.44. The lowest BCUT2D eigenvalue weighted by Gasteiger charge is -2.05. The summed E-state index contributed by atoms with van der Waals surface area (Å²) in [5.74, 6) is 0. The van der Waals surface area contributed by atoms with E-state index in [9.17, 15) is 8.42 Å². The van der Waals surface area contributed by atoms with Crippen molar-refractivity contribution >= 4 is 45.0 Å². The summed E-state index contributed by atoms with van der Waals surface area (Å²) in [6, 6.07) is 6.77. The lowest BCUT2D eigenvalue weighted by molar-refractivity contribution is 0.579. The van der Waals surface area contributed by atoms with Crippen LogP contribution in [0.15, 0.2) is 29.2 Å². The minimum Gasteiger partial charge on any atom is -0.330 e. The Kier molecular flexibility index (Phi) is 7.49. The topological polar surface area (TPSA) is 72.2 Å². The van der Waals surface area contributed by atoms with Crippen molar-refractivity contribution < 1.29 is 8.42 Å². The van der Waals surface area contributed by atoms with E-state index in [0.717, 1.165) is 3.57 Å². The van der Waals surface area contributed by atoms with E-state index >= 15 is 0 Å². The fourth-order valence-electron chi connectivity index (χ4n) is 1.03. The molecule has 1 aromatic rings. The first-order valence-electron chi connectivity index (χ1n) is 4.51. The Labute approximate surface area is 116 Å². The third-order valence-corrected chi connectivity index (χ3v) is 3.91. The van der Waals surface area contributed by atoms with Crippen LogP contribution in [0.1, 0.15) is 6.42 Å². The van der Waals surface area contributed by atoms with Gasteiger partial charge in [0.2, 0.25) is 10.0 Å². The lowest BCUT2D eigenvalue weighted by Crippen LogP contribution is -2.26. The van der Waals surface area contributed by atoms with Crippen LogP contribution in [0.4, 0.5) is 0 Å². The molecule has 0 aromatic heterocycles. The first-order chi connectivity index (χ1) is 7.06. The van der Waals surface area contributed by atoms with Gasteiger partial charge >= 0.3 is 0 Å². The Morgan fingerprint density at radius 2 is 2.06 bits per heavy atom. The average Bonchev–Trinajstić information content (AvgIpc) is 2.18. The molecule has 92 valence electrons. The van der Waals surface area contributed by atoms with Gasteiger partial charge in [-0.3, -0.25) is 0 Å². The van der Waals surface area contributed by atoms with E-state index < -0.39 is 10.0 Å². The average molecular weight is 377 g/mol. The van der Waals surface area contributed by atoms with Gasteiger partial charge in [-0.1, -0.05) is 6.07 Å². The summed E-state index contributed by atoms with van der Waals surface area (Å²) in [6.07, 6.45) is 0.642. The summed E-state index contributed by atoms with van der Waals surface area (Å²) < 4.78 is 26.8. The van der Waals surface area contributed by atoms with Gasteiger partial charge in [-0.05, 0) is 53.8 Å². The van der Waals surface area contributed by atoms with E-state index in [1.165, 1.54) is 0 Å². The third kappa shape index (κ3) is 4.96. The van der Waals surface area contributed by atoms with Crippen molar-refractivity contribution in [2.45, 2.75) is 11.3 Å². The van der Waals surface area contributed by atoms with Gasteiger partial charge < -0.3 is 5.73 Å². The highest BCUT2D eigenvalue weighted by atomic mass is 127. The molecule has 0 amide bonds. The highest BCUT2D eigenvalue weighted by Gasteiger charge is 2.12. The monoisotopic (exact) mass is 376 g/mol. The number of rotatable bonds is 5. The van der Waals surface area contributed by atoms with Crippen LogP contribution in [0.5, 0.6) is 0 Å². The Hall–Kier alpha value is 0.110. The third-order valence-electron chi connectivity index (χ3n) is 1.78. The number of nitrogens with two attached hydrogens (primary N) is 1. The molecular weight excluding hydrogens is 363 g/mol. The first-order valence-corrected chi connectivity index (χ1v) is 7.08. The molecule has 0 aliphatic carbocycles. The predicted octanol–water partition coefficient (Wildman–Crippen LogP) is 1.34. The molecule has 1 aromatic carbocycles. The molecule has 0 saturated carbocycles. The number of nitrogens with one attached hydrogen (secondary N) is 1. The smallest absolute Gasteiger partial charge is 0.240 e. The largest absolute Gasteiger partial charge is 0.330 e. The molecule has 0 radical (unpaired) electrons. The van der Waals surface area contributed by atoms with Crippen LogP contribution in [-0.4, -0.2) is 21.5 Å². The van der Waals surface area contributed by atoms with Gasteiger partial charge in [0, 0.05) is 10.1 Å². The maximum absolute atomic E-state index is 11.7. The Balaban J connectivity index is 0.00000225. The lowest BCUT2D eigenvalue weighted by atomic mass is 10.4. The van der Waals surface area contributed by atoms with Gasteiger partial charge in [-0.25, -0.2) is 13.1 Å². The van der Waals surface area contributed by atoms with E-state index in [1.807, 2.05) is 6.07 Å². The summed E-state index contributed by atoms with van der Waals surface area (Å²) in [5, 5.41) is 0. The molecule has 0 fully saturated rings. The predicted molar refractivity (Wildman–Crippen MR) is 75.3 cm³/mol. The molecule has 0 aliphatic rings. The van der Waals surface area contributed by atoms with Crippen molar-refractivity contribution in [3.63, 3.8) is 0 Å². The SMILES string of the molecule is Cl.NCCCNS(=O)(=O)c1cccc(I)c1. The van der Waals surface area contributed by atoms with Gasteiger partial charge in [-0.15, -0.1) is 12.4 Å². The first kappa shape index (κ1) is 16.1. The van der Waals surface area contributed by atoms with Crippen molar-refractivity contribution in [2.24, 2.45) is 5.73 Å². The standard InChI is InChI=1S/C9H13IN2O2S.ClH/c10-8-3-1-4-9(7-8)15(13,14)12-6-2-5-11;/h1,3-4,7,12H,2,5-6,11H2;1H. The molecule has 7 heteroatoms. The van der Waals surface area contributed by atoms with Crippen molar-refractivity contribution in [1.82, 2.24) is 4.72 Å². The van der Waals surface area contributed by atoms with Crippen LogP contribution in [-0.2, 0) is 10.0 Å². The molecule has 0 spiro atoms. The summed E-state index contributed by atoms with van der Waals surface area (Å²) in [4.78, 5) is 0.298. The second-order valence-corrected chi connectivity index (χ2v) is 6.01. The van der Waals surface area contributed by atoms with Crippen LogP contribution < -0.4 is 10.5 Å². The van der Waals surface area contributed by atoms with Gasteiger partial charge in [-0.2, -0.15) is 0 Å². The van der Waals surface area contributed by atoms with E-state index in [4.69, 9.17) is 5.73 Å². The number of halogens is 2. The minimum atomic E-state index is -3.37. The van der Waals surface area contributed by atoms with E-state index in [0.29, 0.717) is 24.4 Å². The molecule has 0 heterocycles. The molecule has 0 bridgehead atoms. The van der Waals surface area contributed by atoms with Crippen molar-refractivity contribution in [3.8, 4) is 0 Å². The number of benzene rings is 1. The molecule has 4 nitrogen and oxygen atoms in total. The highest BCUT2D eigenvalue weighted by molar-refractivity contribution is 14.1. The zero-order valence-corrected chi connectivity index (χ0v) is 12.3. The summed E-state index contributed by atoms with van der Waals surface area (Å²) >= 11 is 2.08. The molecule has 0 atom stereocenters. The van der Waals surface area contributed by atoms with E-state index in [2.05, 4.69) is 27.3 Å². The molecule has 16 heavy (non-hydrogen) atoms. The molecule has 0 unspecified atom stereocenters. The van der Waals surface area contributed by atoms with Crippen LogP contribution >= 0.6 is 35.0 Å². The van der Waals surface area contributed by atoms with Crippen molar-refractivity contribution in [1.29, 1.82) is 0 Å². The van der Waals surface area contributed by atoms with Crippen LogP contribution in [0.25, 0.3) is 0 Å². The van der Waals surface area contributed by atoms with Crippen LogP contribution in [0, 0.1) is 3.57 Å². The zero-order chi connectivity index (χ0) is 11.3. The van der Waals surface area contributed by atoms with E-state index in [1.54, 1.807) is 18.2 Å². The van der Waals surface area contributed by atoms with Crippen LogP contribution in [0.2, 0.25) is 0 Å². The summed E-state index contributed by atoms with van der Waals surface area (Å²) in [7, 11) is -3.37. The molecule has 0 saturated heterocycles. The Morgan fingerprint density at radius 3 is 2.62 bits per heavy atom. The normalized spacial score (nSPS) is 10.9. The van der Waals surface area contributed by atoms with Crippen molar-refractivity contribution in [2.75, 3.05) is 13.1 Å². The fraction of sp³-hybridized carbons (Fsp3) is 0.333. The number of hydrogen-bond donors (Lipinski definition) is 2. The van der Waals surface area contributed by atoms with Crippen LogP contribution in [0.3, 0.4) is 0 Å². The van der Waals surface area contributed by atoms with Gasteiger partial charge in [0.15, 0.2) is 0 Å². The molecule has 3 N–H and O–H groups in total. The fourth-order valence-corrected chi connectivity index (χ4v) is 2.90. The van der Waals surface area contributed by atoms with Gasteiger partial charge in [0.1, 0.15) is 0 Å². The molecular formula is C9H14ClIN2O2S. The molecule has 0 aliphatic heterocycles. The quantitative estimate of drug-likeness (QED) is 0.602. The summed E-state index contributed by atoms with van der Waals surface area (Å²) in [6.45, 7) is 0.860. The second-order valence-electron chi connectivity index (χ2n) is 3.00.